The van der Waals surface area contributed by atoms with Crippen LogP contribution in [0.25, 0.3) is 11.0 Å². The van der Waals surface area contributed by atoms with E-state index in [2.05, 4.69) is 6.58 Å². The molecule has 0 atom stereocenters. The second-order valence-corrected chi connectivity index (χ2v) is 3.90. The summed E-state index contributed by atoms with van der Waals surface area (Å²) in [5.74, 6) is 0.354. The zero-order valence-electron chi connectivity index (χ0n) is 10.1. The Hall–Kier alpha value is -2.23. The van der Waals surface area contributed by atoms with Crippen molar-refractivity contribution in [2.45, 2.75) is 12.8 Å². The van der Waals surface area contributed by atoms with Gasteiger partial charge in [0.1, 0.15) is 5.76 Å². The molecule has 2 rings (SSSR count). The van der Waals surface area contributed by atoms with Gasteiger partial charge >= 0.3 is 5.97 Å². The van der Waals surface area contributed by atoms with Crippen molar-refractivity contribution in [2.24, 2.45) is 0 Å². The molecule has 0 aliphatic rings. The van der Waals surface area contributed by atoms with Gasteiger partial charge in [0.2, 0.25) is 0 Å². The quantitative estimate of drug-likeness (QED) is 0.824. The zero-order chi connectivity index (χ0) is 13.1. The Bertz CT molecular complexity index is 595. The average molecular weight is 246 g/mol. The van der Waals surface area contributed by atoms with Crippen molar-refractivity contribution in [1.82, 2.24) is 0 Å². The minimum absolute atomic E-state index is 0.0661. The molecule has 1 heterocycles. The molecule has 1 aromatic carbocycles. The van der Waals surface area contributed by atoms with E-state index >= 15 is 0 Å². The molecule has 0 spiro atoms. The van der Waals surface area contributed by atoms with Gasteiger partial charge in [-0.25, -0.2) is 0 Å². The molecule has 0 fully saturated rings. The molecule has 0 unspecified atom stereocenters. The Morgan fingerprint density at radius 2 is 2.33 bits per heavy atom. The zero-order valence-corrected chi connectivity index (χ0v) is 10.1. The summed E-state index contributed by atoms with van der Waals surface area (Å²) in [4.78, 5) is 10.9. The maximum absolute atomic E-state index is 10.9. The van der Waals surface area contributed by atoms with Crippen molar-refractivity contribution in [3.8, 4) is 5.75 Å². The normalized spacial score (nSPS) is 10.5. The summed E-state index contributed by atoms with van der Waals surface area (Å²) >= 11 is 0. The molecule has 4 heteroatoms. The number of methoxy groups -OCH3 is 1. The molecule has 0 aliphatic carbocycles. The largest absolute Gasteiger partial charge is 0.493 e. The first-order chi connectivity index (χ1) is 8.67. The highest BCUT2D eigenvalue weighted by molar-refractivity contribution is 5.90. The molecule has 2 aromatic rings. The number of carbonyl (C=O) groups is 1. The first-order valence-electron chi connectivity index (χ1n) is 5.57. The molecule has 0 amide bonds. The van der Waals surface area contributed by atoms with Crippen molar-refractivity contribution in [2.75, 3.05) is 7.11 Å². The summed E-state index contributed by atoms with van der Waals surface area (Å²) in [6.45, 7) is 3.65. The smallest absolute Gasteiger partial charge is 0.307 e. The van der Waals surface area contributed by atoms with Crippen LogP contribution in [-0.2, 0) is 17.6 Å². The topological polar surface area (TPSA) is 59.7 Å². The van der Waals surface area contributed by atoms with Crippen molar-refractivity contribution in [3.63, 3.8) is 0 Å². The van der Waals surface area contributed by atoms with Crippen LogP contribution in [0.2, 0.25) is 0 Å². The van der Waals surface area contributed by atoms with Gasteiger partial charge in [-0.05, 0) is 6.07 Å². The lowest BCUT2D eigenvalue weighted by molar-refractivity contribution is -0.136. The molecule has 0 bridgehead atoms. The Kier molecular flexibility index (Phi) is 3.37. The van der Waals surface area contributed by atoms with Gasteiger partial charge in [-0.1, -0.05) is 18.2 Å². The molecule has 0 saturated heterocycles. The molecule has 18 heavy (non-hydrogen) atoms. The van der Waals surface area contributed by atoms with Gasteiger partial charge in [0.15, 0.2) is 11.3 Å². The summed E-state index contributed by atoms with van der Waals surface area (Å²) in [6, 6.07) is 5.44. The highest BCUT2D eigenvalue weighted by Crippen LogP contribution is 2.33. The molecular formula is C14H14O4. The van der Waals surface area contributed by atoms with Crippen LogP contribution in [0.4, 0.5) is 0 Å². The summed E-state index contributed by atoms with van der Waals surface area (Å²) in [5.41, 5.74) is 1.28. The maximum atomic E-state index is 10.9. The lowest BCUT2D eigenvalue weighted by Crippen LogP contribution is -2.01. The van der Waals surface area contributed by atoms with Gasteiger partial charge in [0, 0.05) is 17.4 Å². The number of hydrogen-bond donors (Lipinski definition) is 1. The van der Waals surface area contributed by atoms with Crippen LogP contribution in [0.3, 0.4) is 0 Å². The first-order valence-corrected chi connectivity index (χ1v) is 5.57. The SMILES string of the molecule is C=CCc1oc2c(OC)cccc2c1CC(=O)O. The second-order valence-electron chi connectivity index (χ2n) is 3.90. The van der Waals surface area contributed by atoms with Crippen LogP contribution in [0, 0.1) is 0 Å². The number of fused-ring (bicyclic) bond motifs is 1. The number of hydrogen-bond acceptors (Lipinski definition) is 3. The van der Waals surface area contributed by atoms with E-state index < -0.39 is 5.97 Å². The van der Waals surface area contributed by atoms with Crippen molar-refractivity contribution < 1.29 is 19.1 Å². The van der Waals surface area contributed by atoms with E-state index in [1.807, 2.05) is 12.1 Å². The standard InChI is InChI=1S/C14H14O4/c1-3-5-11-10(8-13(15)16)9-6-4-7-12(17-2)14(9)18-11/h3-4,6-7H,1,5,8H2,2H3,(H,15,16). The number of para-hydroxylation sites is 1. The molecule has 94 valence electrons. The van der Waals surface area contributed by atoms with Gasteiger partial charge < -0.3 is 14.3 Å². The van der Waals surface area contributed by atoms with Gasteiger partial charge in [0.25, 0.3) is 0 Å². The number of furan rings is 1. The number of aliphatic carboxylic acids is 1. The fourth-order valence-electron chi connectivity index (χ4n) is 2.00. The van der Waals surface area contributed by atoms with Crippen molar-refractivity contribution >= 4 is 16.9 Å². The highest BCUT2D eigenvalue weighted by atomic mass is 16.5. The molecule has 1 aromatic heterocycles. The van der Waals surface area contributed by atoms with Crippen LogP contribution in [0.5, 0.6) is 5.75 Å². The van der Waals surface area contributed by atoms with E-state index in [1.165, 1.54) is 0 Å². The third-order valence-electron chi connectivity index (χ3n) is 2.74. The van der Waals surface area contributed by atoms with Crippen molar-refractivity contribution in [1.29, 1.82) is 0 Å². The average Bonchev–Trinajstić information content (AvgIpc) is 2.67. The van der Waals surface area contributed by atoms with E-state index in [9.17, 15) is 4.79 Å². The fourth-order valence-corrected chi connectivity index (χ4v) is 2.00. The highest BCUT2D eigenvalue weighted by Gasteiger charge is 2.18. The molecule has 0 saturated carbocycles. The van der Waals surface area contributed by atoms with E-state index in [4.69, 9.17) is 14.3 Å². The number of rotatable bonds is 5. The fraction of sp³-hybridized carbons (Fsp3) is 0.214. The van der Waals surface area contributed by atoms with E-state index in [-0.39, 0.29) is 6.42 Å². The van der Waals surface area contributed by atoms with Gasteiger partial charge in [0.05, 0.1) is 13.5 Å². The maximum Gasteiger partial charge on any atom is 0.307 e. The van der Waals surface area contributed by atoms with Gasteiger partial charge in [-0.2, -0.15) is 0 Å². The Labute approximate surface area is 104 Å². The number of carboxylic acids is 1. The second kappa shape index (κ2) is 4.96. The predicted octanol–water partition coefficient (Wildman–Crippen LogP) is 2.80. The van der Waals surface area contributed by atoms with E-state index in [1.54, 1.807) is 19.3 Å². The van der Waals surface area contributed by atoms with Crippen molar-refractivity contribution in [3.05, 3.63) is 42.2 Å². The molecule has 0 radical (unpaired) electrons. The van der Waals surface area contributed by atoms with E-state index in [0.717, 1.165) is 5.39 Å². The number of carboxylic acid groups (broad SMARTS) is 1. The monoisotopic (exact) mass is 246 g/mol. The Balaban J connectivity index is 2.66. The van der Waals surface area contributed by atoms with Crippen LogP contribution in [-0.4, -0.2) is 18.2 Å². The number of allylic oxidation sites excluding steroid dienone is 1. The van der Waals surface area contributed by atoms with Gasteiger partial charge in [-0.3, -0.25) is 4.79 Å². The lowest BCUT2D eigenvalue weighted by atomic mass is 10.1. The molecule has 4 nitrogen and oxygen atoms in total. The molecular weight excluding hydrogens is 232 g/mol. The summed E-state index contributed by atoms with van der Waals surface area (Å²) < 4.78 is 10.9. The predicted molar refractivity (Wildman–Crippen MR) is 68.0 cm³/mol. The summed E-state index contributed by atoms with van der Waals surface area (Å²) in [5, 5.41) is 9.75. The molecule has 1 N–H and O–H groups in total. The summed E-state index contributed by atoms with van der Waals surface area (Å²) in [7, 11) is 1.56. The van der Waals surface area contributed by atoms with Crippen LogP contribution >= 0.6 is 0 Å². The first kappa shape index (κ1) is 12.2. The minimum Gasteiger partial charge on any atom is -0.493 e. The Morgan fingerprint density at radius 3 is 2.94 bits per heavy atom. The molecule has 0 aliphatic heterocycles. The number of benzene rings is 1. The third kappa shape index (κ3) is 2.09. The van der Waals surface area contributed by atoms with Crippen LogP contribution < -0.4 is 4.74 Å². The van der Waals surface area contributed by atoms with Crippen LogP contribution in [0.1, 0.15) is 11.3 Å². The Morgan fingerprint density at radius 1 is 1.56 bits per heavy atom. The van der Waals surface area contributed by atoms with E-state index in [0.29, 0.717) is 29.1 Å². The third-order valence-corrected chi connectivity index (χ3v) is 2.74. The summed E-state index contributed by atoms with van der Waals surface area (Å²) in [6.07, 6.45) is 2.12. The lowest BCUT2D eigenvalue weighted by Gasteiger charge is -1.99. The number of ether oxygens (including phenoxy) is 1. The van der Waals surface area contributed by atoms with Crippen LogP contribution in [0.15, 0.2) is 35.3 Å². The minimum atomic E-state index is -0.883. The van der Waals surface area contributed by atoms with Gasteiger partial charge in [-0.15, -0.1) is 6.58 Å².